The molecule has 10 heteroatoms. The Kier molecular flexibility index (Phi) is 8.46. The monoisotopic (exact) mass is 443 g/mol. The van der Waals surface area contributed by atoms with Crippen LogP contribution in [0.1, 0.15) is 15.9 Å². The van der Waals surface area contributed by atoms with Gasteiger partial charge in [0.1, 0.15) is 11.8 Å². The van der Waals surface area contributed by atoms with E-state index in [1.165, 1.54) is 44.3 Å². The fourth-order valence-corrected chi connectivity index (χ4v) is 3.14. The summed E-state index contributed by atoms with van der Waals surface area (Å²) in [4.78, 5) is 50.2. The number of nitrogens with zero attached hydrogens (tertiary/aromatic N) is 2. The van der Waals surface area contributed by atoms with Crippen molar-refractivity contribution in [2.24, 2.45) is 0 Å². The van der Waals surface area contributed by atoms with E-state index in [1.54, 1.807) is 0 Å². The van der Waals surface area contributed by atoms with E-state index >= 15 is 0 Å². The normalized spacial score (nSPS) is 11.2. The van der Waals surface area contributed by atoms with Crippen LogP contribution in [0.25, 0.3) is 5.32 Å². The fourth-order valence-electron chi connectivity index (χ4n) is 3.14. The van der Waals surface area contributed by atoms with Gasteiger partial charge in [0.05, 0.1) is 18.4 Å². The molecule has 0 aromatic heterocycles. The number of aromatic hydroxyl groups is 1. The van der Waals surface area contributed by atoms with Crippen molar-refractivity contribution in [2.45, 2.75) is 12.5 Å². The first-order valence-corrected chi connectivity index (χ1v) is 9.71. The molecule has 1 atom stereocenters. The van der Waals surface area contributed by atoms with Crippen LogP contribution in [0.3, 0.4) is 0 Å². The zero-order valence-corrected chi connectivity index (χ0v) is 18.8. The van der Waals surface area contributed by atoms with Crippen LogP contribution in [0.15, 0.2) is 58.1 Å². The van der Waals surface area contributed by atoms with Gasteiger partial charge >= 0.3 is 24.8 Å². The molecule has 9 nitrogen and oxygen atoms in total. The number of phenolic OH excluding ortho intramolecular Hbond substituents is 1. The van der Waals surface area contributed by atoms with E-state index in [0.29, 0.717) is 0 Å². The number of carbonyl (C=O) groups is 2. The van der Waals surface area contributed by atoms with Gasteiger partial charge in [-0.1, -0.05) is 53.8 Å². The van der Waals surface area contributed by atoms with Gasteiger partial charge in [-0.25, -0.2) is 4.79 Å². The smallest absolute Gasteiger partial charge is 0.650 e. The topological polar surface area (TPSA) is 127 Å². The van der Waals surface area contributed by atoms with E-state index in [2.05, 4.69) is 10.6 Å². The molecule has 0 heterocycles. The maximum Gasteiger partial charge on any atom is 1.00 e. The van der Waals surface area contributed by atoms with Crippen molar-refractivity contribution in [1.29, 1.82) is 0 Å². The van der Waals surface area contributed by atoms with Crippen LogP contribution >= 0.6 is 0 Å². The molecule has 3 aromatic rings. The third kappa shape index (κ3) is 5.45. The third-order valence-corrected chi connectivity index (χ3v) is 4.86. The second-order valence-corrected chi connectivity index (χ2v) is 7.28. The maximum atomic E-state index is 12.3. The molecule has 0 aliphatic heterocycles. The summed E-state index contributed by atoms with van der Waals surface area (Å²) in [5.74, 6) is -1.48. The fraction of sp³-hybridized carbons (Fsp3) is 0.217. The third-order valence-electron chi connectivity index (χ3n) is 4.86. The van der Waals surface area contributed by atoms with Crippen LogP contribution in [0.2, 0.25) is 0 Å². The number of nitrogens with one attached hydrogen (secondary N) is 1. The number of phenols is 1. The van der Waals surface area contributed by atoms with Gasteiger partial charge in [-0.3, -0.25) is 14.4 Å². The minimum Gasteiger partial charge on any atom is -0.650 e. The SMILES string of the molecule is COC(=O)[C@H](Cc1ccccc1)Nc1c([N-]c2cccc(C(=O)N(C)C)c2O)c(=O)c1=O.[Li+]. The number of amides is 1. The molecular formula is C23H22LiN3O6. The number of esters is 1. The minimum atomic E-state index is -0.935. The molecule has 3 aromatic carbocycles. The molecule has 0 bridgehead atoms. The molecule has 0 spiro atoms. The first kappa shape index (κ1) is 25.7. The number of carbonyl (C=O) groups excluding carboxylic acids is 2. The molecule has 0 fully saturated rings. The summed E-state index contributed by atoms with van der Waals surface area (Å²) in [5.41, 5.74) is -1.30. The molecule has 166 valence electrons. The molecule has 1 amide bonds. The molecule has 2 N–H and O–H groups in total. The number of ether oxygens (including phenoxy) is 1. The predicted molar refractivity (Wildman–Crippen MR) is 120 cm³/mol. The Balaban J connectivity index is 0.00000385. The summed E-state index contributed by atoms with van der Waals surface area (Å²) in [7, 11) is 4.29. The van der Waals surface area contributed by atoms with Gasteiger partial charge in [-0.05, 0) is 11.6 Å². The summed E-state index contributed by atoms with van der Waals surface area (Å²) in [6.45, 7) is 0. The number of hydrogen-bond donors (Lipinski definition) is 2. The average Bonchev–Trinajstić information content (AvgIpc) is 2.80. The van der Waals surface area contributed by atoms with Crippen molar-refractivity contribution in [1.82, 2.24) is 4.90 Å². The summed E-state index contributed by atoms with van der Waals surface area (Å²) < 4.78 is 4.82. The Hall–Kier alpha value is -3.54. The number of para-hydroxylation sites is 1. The Morgan fingerprint density at radius 2 is 1.73 bits per heavy atom. The molecule has 0 unspecified atom stereocenters. The van der Waals surface area contributed by atoms with Gasteiger partial charge in [0.25, 0.3) is 5.91 Å². The zero-order valence-electron chi connectivity index (χ0n) is 18.8. The van der Waals surface area contributed by atoms with Crippen molar-refractivity contribution in [3.8, 4) is 5.75 Å². The van der Waals surface area contributed by atoms with Crippen LogP contribution < -0.4 is 35.0 Å². The van der Waals surface area contributed by atoms with Crippen molar-refractivity contribution in [3.63, 3.8) is 0 Å². The van der Waals surface area contributed by atoms with Crippen molar-refractivity contribution in [2.75, 3.05) is 26.5 Å². The summed E-state index contributed by atoms with van der Waals surface area (Å²) in [5, 5.41) is 17.3. The van der Waals surface area contributed by atoms with Gasteiger partial charge in [0.15, 0.2) is 0 Å². The van der Waals surface area contributed by atoms with E-state index in [-0.39, 0.29) is 47.9 Å². The molecule has 33 heavy (non-hydrogen) atoms. The molecule has 3 rings (SSSR count). The zero-order chi connectivity index (χ0) is 23.4. The summed E-state index contributed by atoms with van der Waals surface area (Å²) >= 11 is 0. The van der Waals surface area contributed by atoms with Gasteiger partial charge in [-0.2, -0.15) is 0 Å². The quantitative estimate of drug-likeness (QED) is 0.266. The maximum absolute atomic E-state index is 12.3. The number of rotatable bonds is 8. The van der Waals surface area contributed by atoms with Gasteiger partial charge in [0, 0.05) is 20.5 Å². The minimum absolute atomic E-state index is 0. The van der Waals surface area contributed by atoms with Crippen LogP contribution in [0.4, 0.5) is 17.1 Å². The van der Waals surface area contributed by atoms with E-state index in [0.717, 1.165) is 5.56 Å². The van der Waals surface area contributed by atoms with E-state index in [1.807, 2.05) is 30.3 Å². The van der Waals surface area contributed by atoms with Crippen molar-refractivity contribution >= 4 is 28.9 Å². The van der Waals surface area contributed by atoms with Gasteiger partial charge < -0.3 is 25.4 Å². The second-order valence-electron chi connectivity index (χ2n) is 7.28. The van der Waals surface area contributed by atoms with Crippen LogP contribution in [-0.4, -0.2) is 49.1 Å². The molecule has 0 aliphatic rings. The predicted octanol–water partition coefficient (Wildman–Crippen LogP) is -0.773. The van der Waals surface area contributed by atoms with Crippen molar-refractivity contribution < 1.29 is 38.3 Å². The second kappa shape index (κ2) is 10.9. The standard InChI is InChI=1S/C23H23N3O6.Li/c1-26(2)22(30)14-10-7-11-15(19(14)27)24-17-18(21(29)20(17)28)25-16(23(31)32-3)12-13-8-5-4-6-9-13;/h4-11,16H,12H2,1-3H3,(H3,24,25,27,28,29,30);/q;+1/p-1/t16-;/m0./s1. The molecule has 0 saturated heterocycles. The van der Waals surface area contributed by atoms with Crippen LogP contribution in [-0.2, 0) is 16.0 Å². The Bertz CT molecular complexity index is 1220. The van der Waals surface area contributed by atoms with E-state index < -0.39 is 34.5 Å². The van der Waals surface area contributed by atoms with Crippen LogP contribution in [0, 0.1) is 0 Å². The first-order valence-electron chi connectivity index (χ1n) is 9.71. The molecule has 0 aliphatic carbocycles. The average molecular weight is 443 g/mol. The van der Waals surface area contributed by atoms with Crippen molar-refractivity contribution in [3.05, 3.63) is 85.4 Å². The Morgan fingerprint density at radius 3 is 2.33 bits per heavy atom. The van der Waals surface area contributed by atoms with Crippen LogP contribution in [0.5, 0.6) is 5.75 Å². The van der Waals surface area contributed by atoms with E-state index in [9.17, 15) is 24.3 Å². The molecular weight excluding hydrogens is 421 g/mol. The van der Waals surface area contributed by atoms with Gasteiger partial charge in [-0.15, -0.1) is 0 Å². The number of benzene rings is 2. The number of anilines is 1. The molecule has 0 radical (unpaired) electrons. The largest absolute Gasteiger partial charge is 1.00 e. The summed E-state index contributed by atoms with van der Waals surface area (Å²) in [6.07, 6.45) is 0.212. The Morgan fingerprint density at radius 1 is 1.06 bits per heavy atom. The Labute approximate surface area is 202 Å². The van der Waals surface area contributed by atoms with E-state index in [4.69, 9.17) is 4.74 Å². The van der Waals surface area contributed by atoms with Gasteiger partial charge in [0.2, 0.25) is 10.9 Å². The summed E-state index contributed by atoms with van der Waals surface area (Å²) in [6, 6.07) is 12.5. The number of hydrogen-bond acceptors (Lipinski definition) is 7. The first-order chi connectivity index (χ1) is 15.2. The number of methoxy groups -OCH3 is 1. The molecule has 0 saturated carbocycles.